The monoisotopic (exact) mass is 280 g/mol. The summed E-state index contributed by atoms with van der Waals surface area (Å²) in [6.45, 7) is 1.91. The summed E-state index contributed by atoms with van der Waals surface area (Å²) in [5.74, 6) is 0.212. The average molecular weight is 280 g/mol. The Kier molecular flexibility index (Phi) is 3.33. The average Bonchev–Trinajstić information content (AvgIpc) is 2.91. The molecule has 0 aliphatic heterocycles. The molecule has 1 aromatic heterocycles. The molecular weight excluding hydrogens is 267 g/mol. The predicted molar refractivity (Wildman–Crippen MR) is 79.4 cm³/mol. The Balaban J connectivity index is 1.91. The van der Waals surface area contributed by atoms with Crippen LogP contribution in [-0.2, 0) is 0 Å². The molecule has 0 spiro atoms. The highest BCUT2D eigenvalue weighted by molar-refractivity contribution is 5.78. The van der Waals surface area contributed by atoms with E-state index in [-0.39, 0.29) is 11.6 Å². The van der Waals surface area contributed by atoms with Crippen LogP contribution in [0.25, 0.3) is 11.0 Å². The van der Waals surface area contributed by atoms with E-state index >= 15 is 0 Å². The summed E-state index contributed by atoms with van der Waals surface area (Å²) < 4.78 is 19.4. The fourth-order valence-electron chi connectivity index (χ4n) is 2.28. The molecule has 0 radical (unpaired) electrons. The molecule has 0 bridgehead atoms. The van der Waals surface area contributed by atoms with E-state index in [0.29, 0.717) is 5.69 Å². The fraction of sp³-hybridized carbons (Fsp3) is 0.118. The van der Waals surface area contributed by atoms with Crippen LogP contribution < -0.4 is 5.32 Å². The van der Waals surface area contributed by atoms with Crippen molar-refractivity contribution in [1.29, 1.82) is 5.26 Å². The number of para-hydroxylation sites is 1. The van der Waals surface area contributed by atoms with Crippen molar-refractivity contribution in [2.75, 3.05) is 5.32 Å². The zero-order valence-electron chi connectivity index (χ0n) is 11.4. The maximum atomic E-state index is 13.6. The van der Waals surface area contributed by atoms with Gasteiger partial charge in [-0.25, -0.2) is 4.39 Å². The number of nitrogens with zero attached hydrogens (tertiary/aromatic N) is 1. The van der Waals surface area contributed by atoms with E-state index in [4.69, 9.17) is 9.68 Å². The highest BCUT2D eigenvalue weighted by atomic mass is 19.1. The Hall–Kier alpha value is -2.80. The Morgan fingerprint density at radius 3 is 2.76 bits per heavy atom. The van der Waals surface area contributed by atoms with Gasteiger partial charge in [-0.15, -0.1) is 0 Å². The van der Waals surface area contributed by atoms with E-state index < -0.39 is 5.82 Å². The number of hydrogen-bond acceptors (Lipinski definition) is 3. The maximum absolute atomic E-state index is 13.6. The minimum absolute atomic E-state index is 0.0143. The van der Waals surface area contributed by atoms with Crippen molar-refractivity contribution in [1.82, 2.24) is 0 Å². The number of fused-ring (bicyclic) bond motifs is 1. The van der Waals surface area contributed by atoms with Crippen molar-refractivity contribution in [3.63, 3.8) is 0 Å². The van der Waals surface area contributed by atoms with Crippen molar-refractivity contribution in [3.05, 3.63) is 65.7 Å². The molecule has 3 nitrogen and oxygen atoms in total. The highest BCUT2D eigenvalue weighted by Crippen LogP contribution is 2.27. The van der Waals surface area contributed by atoms with Gasteiger partial charge < -0.3 is 9.73 Å². The summed E-state index contributed by atoms with van der Waals surface area (Å²) in [5.41, 5.74) is 1.28. The van der Waals surface area contributed by atoms with Gasteiger partial charge in [-0.2, -0.15) is 5.26 Å². The topological polar surface area (TPSA) is 49.0 Å². The van der Waals surface area contributed by atoms with Crippen LogP contribution in [0.5, 0.6) is 0 Å². The lowest BCUT2D eigenvalue weighted by Crippen LogP contribution is -2.07. The first kappa shape index (κ1) is 13.2. The number of benzene rings is 2. The van der Waals surface area contributed by atoms with Gasteiger partial charge >= 0.3 is 0 Å². The first-order valence-corrected chi connectivity index (χ1v) is 6.62. The Bertz CT molecular complexity index is 799. The third-order valence-electron chi connectivity index (χ3n) is 3.37. The van der Waals surface area contributed by atoms with E-state index in [1.54, 1.807) is 12.1 Å². The number of furan rings is 1. The van der Waals surface area contributed by atoms with Crippen LogP contribution in [0.1, 0.15) is 24.3 Å². The zero-order chi connectivity index (χ0) is 14.8. The van der Waals surface area contributed by atoms with Gasteiger partial charge in [0.15, 0.2) is 0 Å². The van der Waals surface area contributed by atoms with Crippen molar-refractivity contribution < 1.29 is 8.81 Å². The standard InChI is InChI=1S/C17H13FN2O/c1-11(17-9-12-5-2-3-8-16(12)21-17)20-15-7-4-6-14(18)13(15)10-19/h2-9,11,20H,1H3. The predicted octanol–water partition coefficient (Wildman–Crippen LogP) is 4.62. The largest absolute Gasteiger partial charge is 0.459 e. The lowest BCUT2D eigenvalue weighted by atomic mass is 10.1. The van der Waals surface area contributed by atoms with E-state index in [2.05, 4.69) is 5.32 Å². The van der Waals surface area contributed by atoms with Crippen molar-refractivity contribution >= 4 is 16.7 Å². The molecule has 0 aliphatic rings. The van der Waals surface area contributed by atoms with Crippen LogP contribution in [-0.4, -0.2) is 0 Å². The fourth-order valence-corrected chi connectivity index (χ4v) is 2.28. The Labute approximate surface area is 121 Å². The van der Waals surface area contributed by atoms with Crippen LogP contribution in [0.2, 0.25) is 0 Å². The molecule has 0 saturated heterocycles. The van der Waals surface area contributed by atoms with Crippen LogP contribution in [0.3, 0.4) is 0 Å². The van der Waals surface area contributed by atoms with Gasteiger partial charge in [0.1, 0.15) is 28.8 Å². The summed E-state index contributed by atoms with van der Waals surface area (Å²) >= 11 is 0. The number of halogens is 1. The third-order valence-corrected chi connectivity index (χ3v) is 3.37. The minimum Gasteiger partial charge on any atom is -0.459 e. The second kappa shape index (κ2) is 5.29. The van der Waals surface area contributed by atoms with Crippen LogP contribution in [0, 0.1) is 17.1 Å². The van der Waals surface area contributed by atoms with E-state index in [9.17, 15) is 4.39 Å². The number of rotatable bonds is 3. The molecule has 1 unspecified atom stereocenters. The molecule has 1 heterocycles. The highest BCUT2D eigenvalue weighted by Gasteiger charge is 2.14. The molecule has 1 N–H and O–H groups in total. The van der Waals surface area contributed by atoms with Crippen molar-refractivity contribution in [3.8, 4) is 6.07 Å². The summed E-state index contributed by atoms with van der Waals surface area (Å²) in [5, 5.41) is 13.2. The SMILES string of the molecule is CC(Nc1cccc(F)c1C#N)c1cc2ccccc2o1. The van der Waals surface area contributed by atoms with Gasteiger partial charge in [-0.1, -0.05) is 24.3 Å². The van der Waals surface area contributed by atoms with Crippen LogP contribution in [0.15, 0.2) is 52.9 Å². The first-order valence-electron chi connectivity index (χ1n) is 6.62. The molecular formula is C17H13FN2O. The number of hydrogen-bond donors (Lipinski definition) is 1. The molecule has 3 rings (SSSR count). The van der Waals surface area contributed by atoms with Gasteiger partial charge in [0.2, 0.25) is 0 Å². The second-order valence-electron chi connectivity index (χ2n) is 4.83. The molecule has 21 heavy (non-hydrogen) atoms. The molecule has 104 valence electrons. The number of anilines is 1. The van der Waals surface area contributed by atoms with E-state index in [0.717, 1.165) is 16.7 Å². The Morgan fingerprint density at radius 2 is 2.00 bits per heavy atom. The minimum atomic E-state index is -0.528. The number of nitrogens with one attached hydrogen (secondary N) is 1. The quantitative estimate of drug-likeness (QED) is 0.761. The van der Waals surface area contributed by atoms with E-state index in [1.807, 2.05) is 43.3 Å². The van der Waals surface area contributed by atoms with Gasteiger partial charge in [0, 0.05) is 5.39 Å². The molecule has 1 atom stereocenters. The van der Waals surface area contributed by atoms with Crippen LogP contribution >= 0.6 is 0 Å². The molecule has 3 aromatic rings. The van der Waals surface area contributed by atoms with Gasteiger partial charge in [0.05, 0.1) is 11.7 Å². The van der Waals surface area contributed by atoms with Crippen molar-refractivity contribution in [2.45, 2.75) is 13.0 Å². The lowest BCUT2D eigenvalue weighted by Gasteiger charge is -2.14. The molecule has 0 aliphatic carbocycles. The smallest absolute Gasteiger partial charge is 0.143 e. The lowest BCUT2D eigenvalue weighted by molar-refractivity contribution is 0.526. The number of nitriles is 1. The third kappa shape index (κ3) is 2.46. The summed E-state index contributed by atoms with van der Waals surface area (Å²) in [7, 11) is 0. The summed E-state index contributed by atoms with van der Waals surface area (Å²) in [6, 6.07) is 15.9. The molecule has 2 aromatic carbocycles. The van der Waals surface area contributed by atoms with Crippen LogP contribution in [0.4, 0.5) is 10.1 Å². The summed E-state index contributed by atoms with van der Waals surface area (Å²) in [4.78, 5) is 0. The molecule has 0 saturated carbocycles. The second-order valence-corrected chi connectivity index (χ2v) is 4.83. The molecule has 0 amide bonds. The first-order chi connectivity index (χ1) is 10.2. The van der Waals surface area contributed by atoms with E-state index in [1.165, 1.54) is 6.07 Å². The van der Waals surface area contributed by atoms with Gasteiger partial charge in [-0.05, 0) is 31.2 Å². The van der Waals surface area contributed by atoms with Gasteiger partial charge in [-0.3, -0.25) is 0 Å². The van der Waals surface area contributed by atoms with Gasteiger partial charge in [0.25, 0.3) is 0 Å². The van der Waals surface area contributed by atoms with Crippen molar-refractivity contribution in [2.24, 2.45) is 0 Å². The maximum Gasteiger partial charge on any atom is 0.143 e. The molecule has 4 heteroatoms. The normalized spacial score (nSPS) is 12.0. The molecule has 0 fully saturated rings. The summed E-state index contributed by atoms with van der Waals surface area (Å²) in [6.07, 6.45) is 0. The Morgan fingerprint density at radius 1 is 1.19 bits per heavy atom. The zero-order valence-corrected chi connectivity index (χ0v) is 11.4.